The molecule has 1 aliphatic rings. The lowest BCUT2D eigenvalue weighted by atomic mass is 9.90. The highest BCUT2D eigenvalue weighted by atomic mass is 32.1. The molecule has 8 heteroatoms. The van der Waals surface area contributed by atoms with Crippen LogP contribution in [-0.4, -0.2) is 23.4 Å². The highest BCUT2D eigenvalue weighted by Gasteiger charge is 2.22. The van der Waals surface area contributed by atoms with Crippen molar-refractivity contribution >= 4 is 34.6 Å². The molecule has 0 saturated heterocycles. The highest BCUT2D eigenvalue weighted by molar-refractivity contribution is 7.14. The number of anilines is 1. The molecular weight excluding hydrogens is 356 g/mol. The maximum absolute atomic E-state index is 12.2. The summed E-state index contributed by atoms with van der Waals surface area (Å²) in [6.45, 7) is 1.69. The first kappa shape index (κ1) is 18.1. The molecule has 3 rings (SSSR count). The molecule has 0 aliphatic heterocycles. The summed E-state index contributed by atoms with van der Waals surface area (Å²) < 4.78 is 5.06. The lowest BCUT2D eigenvalue weighted by Crippen LogP contribution is -2.21. The van der Waals surface area contributed by atoms with Crippen molar-refractivity contribution < 1.29 is 19.2 Å². The van der Waals surface area contributed by atoms with Crippen molar-refractivity contribution in [1.82, 2.24) is 0 Å². The maximum atomic E-state index is 12.2. The zero-order chi connectivity index (χ0) is 18.7. The number of amides is 1. The molecule has 1 aromatic carbocycles. The van der Waals surface area contributed by atoms with Crippen molar-refractivity contribution in [2.45, 2.75) is 26.2 Å². The second-order valence-corrected chi connectivity index (χ2v) is 7.44. The summed E-state index contributed by atoms with van der Waals surface area (Å²) in [4.78, 5) is 36.2. The smallest absolute Gasteiger partial charge is 0.348 e. The van der Waals surface area contributed by atoms with Crippen LogP contribution in [-0.2, 0) is 22.4 Å². The Morgan fingerprint density at radius 3 is 2.92 bits per heavy atom. The molecule has 26 heavy (non-hydrogen) atoms. The van der Waals surface area contributed by atoms with Crippen molar-refractivity contribution in [3.63, 3.8) is 0 Å². The molecule has 0 saturated carbocycles. The first-order valence-electron chi connectivity index (χ1n) is 8.26. The number of hydrogen-bond donors (Lipinski definition) is 1. The van der Waals surface area contributed by atoms with Gasteiger partial charge in [-0.05, 0) is 42.9 Å². The van der Waals surface area contributed by atoms with Crippen molar-refractivity contribution in [2.24, 2.45) is 5.92 Å². The standard InChI is InChI=1S/C18H18N2O5S/c1-11-6-7-15-12(8-11)9-16(26-15)18(22)25-10-17(21)19-13-4-2-3-5-14(13)20(23)24/h2-5,9,11H,6-8,10H2,1H3,(H,19,21)/t11-/m1/s1. The number of carbonyl (C=O) groups is 2. The predicted octanol–water partition coefficient (Wildman–Crippen LogP) is 3.58. The minimum Gasteiger partial charge on any atom is -0.451 e. The van der Waals surface area contributed by atoms with Crippen molar-refractivity contribution in [3.05, 3.63) is 55.8 Å². The van der Waals surface area contributed by atoms with E-state index in [4.69, 9.17) is 4.74 Å². The van der Waals surface area contributed by atoms with Gasteiger partial charge in [-0.2, -0.15) is 0 Å². The van der Waals surface area contributed by atoms with Crippen LogP contribution in [0.2, 0.25) is 0 Å². The third-order valence-corrected chi connectivity index (χ3v) is 5.46. The quantitative estimate of drug-likeness (QED) is 0.490. The molecule has 0 bridgehead atoms. The number of aryl methyl sites for hydroxylation is 1. The van der Waals surface area contributed by atoms with Gasteiger partial charge >= 0.3 is 5.97 Å². The number of rotatable bonds is 5. The van der Waals surface area contributed by atoms with Crippen LogP contribution in [0.3, 0.4) is 0 Å². The largest absolute Gasteiger partial charge is 0.451 e. The molecule has 1 aliphatic carbocycles. The van der Waals surface area contributed by atoms with E-state index in [-0.39, 0.29) is 11.4 Å². The molecule has 136 valence electrons. The molecule has 1 amide bonds. The lowest BCUT2D eigenvalue weighted by molar-refractivity contribution is -0.383. The first-order chi connectivity index (χ1) is 12.4. The van der Waals surface area contributed by atoms with Crippen LogP contribution in [0, 0.1) is 16.0 Å². The van der Waals surface area contributed by atoms with Gasteiger partial charge in [-0.25, -0.2) is 4.79 Å². The fourth-order valence-electron chi connectivity index (χ4n) is 2.93. The zero-order valence-corrected chi connectivity index (χ0v) is 15.0. The lowest BCUT2D eigenvalue weighted by Gasteiger charge is -2.16. The van der Waals surface area contributed by atoms with E-state index in [9.17, 15) is 19.7 Å². The normalized spacial score (nSPS) is 15.8. The molecule has 0 spiro atoms. The van der Waals surface area contributed by atoms with Gasteiger partial charge in [0, 0.05) is 10.9 Å². The second-order valence-electron chi connectivity index (χ2n) is 6.31. The molecule has 1 heterocycles. The average Bonchev–Trinajstić information content (AvgIpc) is 3.03. The fourth-order valence-corrected chi connectivity index (χ4v) is 4.04. The monoisotopic (exact) mass is 374 g/mol. The number of carbonyl (C=O) groups excluding carboxylic acids is 2. The summed E-state index contributed by atoms with van der Waals surface area (Å²) in [6, 6.07) is 7.64. The van der Waals surface area contributed by atoms with Crippen LogP contribution >= 0.6 is 11.3 Å². The number of nitro benzene ring substituents is 1. The van der Waals surface area contributed by atoms with Gasteiger partial charge in [0.05, 0.1) is 4.92 Å². The van der Waals surface area contributed by atoms with E-state index >= 15 is 0 Å². The van der Waals surface area contributed by atoms with E-state index in [1.807, 2.05) is 6.07 Å². The Labute approximate surface area is 154 Å². The van der Waals surface area contributed by atoms with Crippen molar-refractivity contribution in [3.8, 4) is 0 Å². The van der Waals surface area contributed by atoms with Gasteiger partial charge in [-0.3, -0.25) is 14.9 Å². The minimum absolute atomic E-state index is 0.0686. The molecule has 7 nitrogen and oxygen atoms in total. The topological polar surface area (TPSA) is 98.5 Å². The summed E-state index contributed by atoms with van der Waals surface area (Å²) in [6.07, 6.45) is 3.03. The summed E-state index contributed by atoms with van der Waals surface area (Å²) in [5.74, 6) is -0.564. The molecular formula is C18H18N2O5S. The van der Waals surface area contributed by atoms with E-state index in [2.05, 4.69) is 12.2 Å². The van der Waals surface area contributed by atoms with E-state index in [0.29, 0.717) is 10.8 Å². The summed E-state index contributed by atoms with van der Waals surface area (Å²) >= 11 is 1.41. The molecule has 1 atom stereocenters. The van der Waals surface area contributed by atoms with Crippen LogP contribution < -0.4 is 5.32 Å². The Kier molecular flexibility index (Phi) is 5.32. The van der Waals surface area contributed by atoms with Gasteiger partial charge in [0.25, 0.3) is 11.6 Å². The summed E-state index contributed by atoms with van der Waals surface area (Å²) in [7, 11) is 0. The molecule has 1 N–H and O–H groups in total. The van der Waals surface area contributed by atoms with Crippen LogP contribution in [0.15, 0.2) is 30.3 Å². The number of hydrogen-bond acceptors (Lipinski definition) is 6. The fraction of sp³-hybridized carbons (Fsp3) is 0.333. The van der Waals surface area contributed by atoms with Crippen LogP contribution in [0.25, 0.3) is 0 Å². The zero-order valence-electron chi connectivity index (χ0n) is 14.2. The number of esters is 1. The summed E-state index contributed by atoms with van der Waals surface area (Å²) in [5.41, 5.74) is 1.04. The molecule has 0 fully saturated rings. The Morgan fingerprint density at radius 2 is 2.15 bits per heavy atom. The molecule has 2 aromatic rings. The highest BCUT2D eigenvalue weighted by Crippen LogP contribution is 2.32. The van der Waals surface area contributed by atoms with Crippen molar-refractivity contribution in [2.75, 3.05) is 11.9 Å². The van der Waals surface area contributed by atoms with Gasteiger partial charge in [-0.1, -0.05) is 19.1 Å². The second kappa shape index (κ2) is 7.65. The Balaban J connectivity index is 1.58. The number of fused-ring (bicyclic) bond motifs is 1. The molecule has 0 radical (unpaired) electrons. The van der Waals surface area contributed by atoms with Crippen LogP contribution in [0.1, 0.15) is 33.5 Å². The van der Waals surface area contributed by atoms with Gasteiger partial charge in [0.1, 0.15) is 10.6 Å². The maximum Gasteiger partial charge on any atom is 0.348 e. The number of thiophene rings is 1. The molecule has 1 aromatic heterocycles. The number of benzene rings is 1. The third kappa shape index (κ3) is 4.08. The van der Waals surface area contributed by atoms with E-state index in [0.717, 1.165) is 19.3 Å². The minimum atomic E-state index is -0.623. The van der Waals surface area contributed by atoms with Crippen LogP contribution in [0.5, 0.6) is 0 Å². The van der Waals surface area contributed by atoms with Gasteiger partial charge in [-0.15, -0.1) is 11.3 Å². The predicted molar refractivity (Wildman–Crippen MR) is 97.5 cm³/mol. The Bertz CT molecular complexity index is 861. The van der Waals surface area contributed by atoms with Gasteiger partial charge in [0.15, 0.2) is 6.61 Å². The van der Waals surface area contributed by atoms with Crippen molar-refractivity contribution in [1.29, 1.82) is 0 Å². The van der Waals surface area contributed by atoms with Gasteiger partial charge < -0.3 is 10.1 Å². The third-order valence-electron chi connectivity index (χ3n) is 4.24. The van der Waals surface area contributed by atoms with Crippen LogP contribution in [0.4, 0.5) is 11.4 Å². The Morgan fingerprint density at radius 1 is 1.38 bits per heavy atom. The number of nitro groups is 1. The number of nitrogens with zero attached hydrogens (tertiary/aromatic N) is 1. The SMILES string of the molecule is C[C@@H]1CCc2sc(C(=O)OCC(=O)Nc3ccccc3[N+](=O)[O-])cc2C1. The average molecular weight is 374 g/mol. The summed E-state index contributed by atoms with van der Waals surface area (Å²) in [5, 5.41) is 13.3. The number of ether oxygens (including phenoxy) is 1. The molecule has 0 unspecified atom stereocenters. The van der Waals surface area contributed by atoms with E-state index in [1.54, 1.807) is 6.07 Å². The van der Waals surface area contributed by atoms with E-state index < -0.39 is 23.4 Å². The van der Waals surface area contributed by atoms with Gasteiger partial charge in [0.2, 0.25) is 0 Å². The number of para-hydroxylation sites is 2. The number of nitrogens with one attached hydrogen (secondary N) is 1. The van der Waals surface area contributed by atoms with E-state index in [1.165, 1.54) is 40.0 Å². The Hall–Kier alpha value is -2.74. The first-order valence-corrected chi connectivity index (χ1v) is 9.07.